The van der Waals surface area contributed by atoms with E-state index in [4.69, 9.17) is 37.0 Å². The van der Waals surface area contributed by atoms with E-state index < -0.39 is 97.5 Å². The Bertz CT molecular complexity index is 1920. The van der Waals surface area contributed by atoms with Crippen LogP contribution >= 0.6 is 15.6 Å². The first-order valence-corrected chi connectivity index (χ1v) is 42.6. The van der Waals surface area contributed by atoms with Crippen LogP contribution in [0.25, 0.3) is 0 Å². The normalized spacial score (nSPS) is 14.0. The van der Waals surface area contributed by atoms with Crippen molar-refractivity contribution in [2.75, 3.05) is 39.6 Å². The number of phosphoric ester groups is 2. The zero-order valence-electron chi connectivity index (χ0n) is 61.8. The molecule has 0 amide bonds. The number of aliphatic hydroxyl groups excluding tert-OH is 1. The minimum Gasteiger partial charge on any atom is -0.462 e. The van der Waals surface area contributed by atoms with E-state index in [0.717, 1.165) is 122 Å². The largest absolute Gasteiger partial charge is 0.472 e. The van der Waals surface area contributed by atoms with Crippen molar-refractivity contribution in [1.29, 1.82) is 0 Å². The highest BCUT2D eigenvalue weighted by molar-refractivity contribution is 7.47. The summed E-state index contributed by atoms with van der Waals surface area (Å²) < 4.78 is 68.5. The second-order valence-electron chi connectivity index (χ2n) is 27.0. The van der Waals surface area contributed by atoms with E-state index in [2.05, 4.69) is 52.0 Å². The van der Waals surface area contributed by atoms with E-state index in [1.807, 2.05) is 0 Å². The molecule has 0 rings (SSSR count). The smallest absolute Gasteiger partial charge is 0.462 e. The van der Waals surface area contributed by atoms with Gasteiger partial charge in [-0.25, -0.2) is 9.13 Å². The zero-order valence-corrected chi connectivity index (χ0v) is 63.6. The van der Waals surface area contributed by atoms with E-state index in [0.29, 0.717) is 25.7 Å². The molecule has 17 nitrogen and oxygen atoms in total. The SMILES string of the molecule is CCCCCC/C=C\CCCCCCCC(=O)OC[C@H](COP(=O)(O)OC[C@@H](O)COP(=O)(O)OC[C@@H](COC(=O)CCCCCCCCCCCCCCCCC)OC(=O)CCCCCCCCCCCCCCCCC)OC(=O)CCCCCCC/C=C\CCCCCC. The third-order valence-corrected chi connectivity index (χ3v) is 19.3. The van der Waals surface area contributed by atoms with E-state index in [1.54, 1.807) is 0 Å². The number of unbranched alkanes of at least 4 members (excludes halogenated alkanes) is 46. The average Bonchev–Trinajstić information content (AvgIpc) is 1.17. The van der Waals surface area contributed by atoms with Crippen LogP contribution in [0.4, 0.5) is 0 Å². The lowest BCUT2D eigenvalue weighted by Gasteiger charge is -2.21. The lowest BCUT2D eigenvalue weighted by Crippen LogP contribution is -2.30. The molecule has 2 unspecified atom stereocenters. The maximum absolute atomic E-state index is 13.1. The van der Waals surface area contributed by atoms with Gasteiger partial charge in [0.2, 0.25) is 0 Å². The number of hydrogen-bond donors (Lipinski definition) is 3. The summed E-state index contributed by atoms with van der Waals surface area (Å²) in [5, 5.41) is 10.6. The Balaban J connectivity index is 5.29. The van der Waals surface area contributed by atoms with Gasteiger partial charge in [-0.3, -0.25) is 37.3 Å². The average molecular weight is 1410 g/mol. The van der Waals surface area contributed by atoms with Crippen molar-refractivity contribution in [3.63, 3.8) is 0 Å². The minimum atomic E-state index is -4.96. The quantitative estimate of drug-likeness (QED) is 0.0169. The van der Waals surface area contributed by atoms with Crippen molar-refractivity contribution in [2.24, 2.45) is 0 Å². The van der Waals surface area contributed by atoms with Crippen molar-refractivity contribution in [3.05, 3.63) is 24.3 Å². The molecule has 0 heterocycles. The first-order chi connectivity index (χ1) is 46.7. The van der Waals surface area contributed by atoms with E-state index in [9.17, 15) is 43.2 Å². The predicted octanol–water partition coefficient (Wildman–Crippen LogP) is 22.6. The Morgan fingerprint density at radius 1 is 0.281 bits per heavy atom. The third-order valence-electron chi connectivity index (χ3n) is 17.4. The van der Waals surface area contributed by atoms with Gasteiger partial charge in [-0.2, -0.15) is 0 Å². The van der Waals surface area contributed by atoms with Gasteiger partial charge in [-0.1, -0.05) is 309 Å². The van der Waals surface area contributed by atoms with E-state index in [1.165, 1.54) is 186 Å². The van der Waals surface area contributed by atoms with Gasteiger partial charge >= 0.3 is 39.5 Å². The number of carbonyl (C=O) groups is 4. The van der Waals surface area contributed by atoms with E-state index in [-0.39, 0.29) is 25.7 Å². The fourth-order valence-electron chi connectivity index (χ4n) is 11.3. The van der Waals surface area contributed by atoms with Crippen molar-refractivity contribution >= 4 is 39.5 Å². The van der Waals surface area contributed by atoms with Crippen LogP contribution in [0, 0.1) is 0 Å². The van der Waals surface area contributed by atoms with Crippen LogP contribution < -0.4 is 0 Å². The summed E-state index contributed by atoms with van der Waals surface area (Å²) in [6, 6.07) is 0. The van der Waals surface area contributed by atoms with Crippen molar-refractivity contribution in [3.8, 4) is 0 Å². The Kier molecular flexibility index (Phi) is 69.1. The molecular weight excluding hydrogens is 1260 g/mol. The summed E-state index contributed by atoms with van der Waals surface area (Å²) in [6.45, 7) is 4.93. The Labute approximate surface area is 586 Å². The monoisotopic (exact) mass is 1410 g/mol. The Hall–Kier alpha value is -2.46. The van der Waals surface area contributed by atoms with Crippen LogP contribution in [-0.2, 0) is 65.4 Å². The fourth-order valence-corrected chi connectivity index (χ4v) is 12.9. The molecule has 19 heteroatoms. The van der Waals surface area contributed by atoms with Gasteiger partial charge in [-0.05, 0) is 77.0 Å². The fraction of sp³-hybridized carbons (Fsp3) is 0.896. The summed E-state index contributed by atoms with van der Waals surface area (Å²) >= 11 is 0. The first kappa shape index (κ1) is 93.5. The van der Waals surface area contributed by atoms with Crippen LogP contribution in [0.15, 0.2) is 24.3 Å². The molecule has 566 valence electrons. The number of aliphatic hydroxyl groups is 1. The molecule has 0 aromatic heterocycles. The molecular formula is C77H146O17P2. The predicted molar refractivity (Wildman–Crippen MR) is 391 cm³/mol. The van der Waals surface area contributed by atoms with Gasteiger partial charge in [0.15, 0.2) is 12.2 Å². The summed E-state index contributed by atoms with van der Waals surface area (Å²) in [5.74, 6) is -2.14. The van der Waals surface area contributed by atoms with Gasteiger partial charge in [-0.15, -0.1) is 0 Å². The standard InChI is InChI=1S/C77H146O17P2/c1-5-9-13-17-21-25-29-33-35-39-42-46-50-54-58-62-75(80)88-68-73(94-77(82)64-60-56-52-48-44-40-36-34-30-26-22-18-14-10-6-2)70-92-96(85,86)90-66-71(78)65-89-95(83,84)91-69-72(93-76(81)63-59-55-51-47-43-38-32-28-24-20-16-12-8-4)67-87-74(79)61-57-53-49-45-41-37-31-27-23-19-15-11-7-3/h27-28,31-32,71-73,78H,5-26,29-30,33-70H2,1-4H3,(H,83,84)(H,85,86)/b31-27-,32-28-/t71-,72-,73-/m1/s1. The number of hydrogen-bond acceptors (Lipinski definition) is 15. The number of ether oxygens (including phenoxy) is 4. The van der Waals surface area contributed by atoms with Crippen molar-refractivity contribution in [2.45, 2.75) is 406 Å². The Morgan fingerprint density at radius 3 is 0.729 bits per heavy atom. The topological polar surface area (TPSA) is 237 Å². The highest BCUT2D eigenvalue weighted by Crippen LogP contribution is 2.45. The highest BCUT2D eigenvalue weighted by Gasteiger charge is 2.30. The second-order valence-corrected chi connectivity index (χ2v) is 29.9. The van der Waals surface area contributed by atoms with Gasteiger partial charge in [0.05, 0.1) is 26.4 Å². The molecule has 0 radical (unpaired) electrons. The maximum Gasteiger partial charge on any atom is 0.472 e. The molecule has 0 fully saturated rings. The van der Waals surface area contributed by atoms with Crippen LogP contribution in [0.5, 0.6) is 0 Å². The number of carbonyl (C=O) groups excluding carboxylic acids is 4. The Morgan fingerprint density at radius 2 is 0.479 bits per heavy atom. The lowest BCUT2D eigenvalue weighted by atomic mass is 10.0. The van der Waals surface area contributed by atoms with Crippen LogP contribution in [0.2, 0.25) is 0 Å². The molecule has 5 atom stereocenters. The number of esters is 4. The third kappa shape index (κ3) is 70.0. The molecule has 0 spiro atoms. The number of allylic oxidation sites excluding steroid dienone is 4. The van der Waals surface area contributed by atoms with Crippen molar-refractivity contribution < 1.29 is 80.2 Å². The summed E-state index contributed by atoms with van der Waals surface area (Å²) in [4.78, 5) is 72.9. The molecule has 0 saturated carbocycles. The summed E-state index contributed by atoms with van der Waals surface area (Å²) in [6.07, 6.45) is 64.4. The molecule has 96 heavy (non-hydrogen) atoms. The zero-order chi connectivity index (χ0) is 70.4. The summed E-state index contributed by atoms with van der Waals surface area (Å²) in [5.41, 5.74) is 0. The minimum absolute atomic E-state index is 0.0905. The maximum atomic E-state index is 13.1. The molecule has 0 saturated heterocycles. The van der Waals surface area contributed by atoms with Gasteiger partial charge < -0.3 is 33.8 Å². The second kappa shape index (κ2) is 71.0. The van der Waals surface area contributed by atoms with Gasteiger partial charge in [0.25, 0.3) is 0 Å². The van der Waals surface area contributed by atoms with Crippen LogP contribution in [0.1, 0.15) is 387 Å². The van der Waals surface area contributed by atoms with Gasteiger partial charge in [0, 0.05) is 25.7 Å². The van der Waals surface area contributed by atoms with Crippen LogP contribution in [-0.4, -0.2) is 96.7 Å². The molecule has 0 aromatic carbocycles. The van der Waals surface area contributed by atoms with Crippen molar-refractivity contribution in [1.82, 2.24) is 0 Å². The van der Waals surface area contributed by atoms with Crippen LogP contribution in [0.3, 0.4) is 0 Å². The molecule has 0 aliphatic rings. The number of phosphoric acid groups is 2. The lowest BCUT2D eigenvalue weighted by molar-refractivity contribution is -0.161. The number of rotatable bonds is 76. The molecule has 0 bridgehead atoms. The molecule has 0 aliphatic heterocycles. The first-order valence-electron chi connectivity index (χ1n) is 39.6. The van der Waals surface area contributed by atoms with E-state index >= 15 is 0 Å². The highest BCUT2D eigenvalue weighted by atomic mass is 31.2. The molecule has 0 aromatic rings. The summed E-state index contributed by atoms with van der Waals surface area (Å²) in [7, 11) is -9.92. The molecule has 3 N–H and O–H groups in total. The molecule has 0 aliphatic carbocycles. The van der Waals surface area contributed by atoms with Gasteiger partial charge in [0.1, 0.15) is 19.3 Å².